The number of benzene rings is 1. The molecular weight excluding hydrogens is 314 g/mol. The largest absolute Gasteiger partial charge is 0.307 e. The van der Waals surface area contributed by atoms with Crippen molar-refractivity contribution < 1.29 is 13.2 Å². The summed E-state index contributed by atoms with van der Waals surface area (Å²) >= 11 is 0. The second-order valence-corrected chi connectivity index (χ2v) is 7.51. The van der Waals surface area contributed by atoms with Gasteiger partial charge in [0.25, 0.3) is 5.91 Å². The molecule has 0 fully saturated rings. The van der Waals surface area contributed by atoms with Crippen LogP contribution in [0.5, 0.6) is 0 Å². The summed E-state index contributed by atoms with van der Waals surface area (Å²) in [5.74, 6) is 0.223. The molecule has 2 aromatic rings. The van der Waals surface area contributed by atoms with E-state index in [9.17, 15) is 13.2 Å². The third-order valence-corrected chi connectivity index (χ3v) is 4.93. The van der Waals surface area contributed by atoms with Gasteiger partial charge in [0.15, 0.2) is 0 Å². The summed E-state index contributed by atoms with van der Waals surface area (Å²) < 4.78 is 24.8. The van der Waals surface area contributed by atoms with E-state index in [4.69, 9.17) is 0 Å². The fraction of sp³-hybridized carbons (Fsp3) is 0.250. The SMILES string of the molecule is Cc1ccc(NC(=O)c2ccc3c(c2)CCN3S(C)(=O)=O)nc1. The summed E-state index contributed by atoms with van der Waals surface area (Å²) in [6, 6.07) is 8.66. The van der Waals surface area contributed by atoms with Crippen molar-refractivity contribution in [2.45, 2.75) is 13.3 Å². The number of anilines is 2. The second kappa shape index (κ2) is 5.66. The van der Waals surface area contributed by atoms with Crippen LogP contribution in [0.25, 0.3) is 0 Å². The zero-order valence-electron chi connectivity index (χ0n) is 12.9. The highest BCUT2D eigenvalue weighted by Crippen LogP contribution is 2.30. The van der Waals surface area contributed by atoms with Crippen molar-refractivity contribution in [1.82, 2.24) is 4.98 Å². The Labute approximate surface area is 135 Å². The van der Waals surface area contributed by atoms with Crippen LogP contribution in [-0.2, 0) is 16.4 Å². The lowest BCUT2D eigenvalue weighted by Crippen LogP contribution is -2.27. The minimum Gasteiger partial charge on any atom is -0.307 e. The van der Waals surface area contributed by atoms with Crippen LogP contribution in [0.15, 0.2) is 36.5 Å². The van der Waals surface area contributed by atoms with E-state index in [1.807, 2.05) is 13.0 Å². The Bertz CT molecular complexity index is 861. The first-order valence-electron chi connectivity index (χ1n) is 7.19. The van der Waals surface area contributed by atoms with Crippen LogP contribution in [0.3, 0.4) is 0 Å². The summed E-state index contributed by atoms with van der Waals surface area (Å²) in [6.45, 7) is 2.34. The maximum absolute atomic E-state index is 12.3. The lowest BCUT2D eigenvalue weighted by Gasteiger charge is -2.16. The van der Waals surface area contributed by atoms with Gasteiger partial charge in [-0.1, -0.05) is 6.07 Å². The van der Waals surface area contributed by atoms with Gasteiger partial charge in [0.05, 0.1) is 11.9 Å². The number of hydrogen-bond donors (Lipinski definition) is 1. The van der Waals surface area contributed by atoms with E-state index in [0.717, 1.165) is 11.1 Å². The van der Waals surface area contributed by atoms with Crippen molar-refractivity contribution in [3.8, 4) is 0 Å². The fourth-order valence-electron chi connectivity index (χ4n) is 2.59. The van der Waals surface area contributed by atoms with Crippen molar-refractivity contribution >= 4 is 27.4 Å². The average Bonchev–Trinajstić information content (AvgIpc) is 2.92. The van der Waals surface area contributed by atoms with Gasteiger partial charge in [0.2, 0.25) is 10.0 Å². The third-order valence-electron chi connectivity index (χ3n) is 3.75. The first kappa shape index (κ1) is 15.5. The Hall–Kier alpha value is -2.41. The van der Waals surface area contributed by atoms with Crippen LogP contribution in [0.4, 0.5) is 11.5 Å². The van der Waals surface area contributed by atoms with Gasteiger partial charge in [0.1, 0.15) is 5.82 Å². The molecule has 2 heterocycles. The van der Waals surface area contributed by atoms with Gasteiger partial charge in [-0.2, -0.15) is 0 Å². The van der Waals surface area contributed by atoms with Crippen molar-refractivity contribution in [1.29, 1.82) is 0 Å². The van der Waals surface area contributed by atoms with E-state index in [2.05, 4.69) is 10.3 Å². The maximum atomic E-state index is 12.3. The zero-order chi connectivity index (χ0) is 16.6. The number of amides is 1. The van der Waals surface area contributed by atoms with E-state index >= 15 is 0 Å². The number of nitrogens with zero attached hydrogens (tertiary/aromatic N) is 2. The molecule has 0 radical (unpaired) electrons. The highest BCUT2D eigenvalue weighted by Gasteiger charge is 2.26. The van der Waals surface area contributed by atoms with Crippen molar-refractivity contribution in [2.75, 3.05) is 22.4 Å². The molecule has 0 atom stereocenters. The van der Waals surface area contributed by atoms with E-state index in [1.54, 1.807) is 30.5 Å². The molecule has 1 aliphatic heterocycles. The molecule has 23 heavy (non-hydrogen) atoms. The molecule has 7 heteroatoms. The normalized spacial score (nSPS) is 13.7. The highest BCUT2D eigenvalue weighted by atomic mass is 32.2. The molecule has 1 amide bonds. The molecule has 3 rings (SSSR count). The molecule has 1 aromatic heterocycles. The number of sulfonamides is 1. The predicted octanol–water partition coefficient (Wildman–Crippen LogP) is 1.96. The van der Waals surface area contributed by atoms with Crippen LogP contribution < -0.4 is 9.62 Å². The number of aryl methyl sites for hydroxylation is 1. The molecule has 0 aliphatic carbocycles. The number of rotatable bonds is 3. The molecule has 1 N–H and O–H groups in total. The fourth-order valence-corrected chi connectivity index (χ4v) is 3.55. The van der Waals surface area contributed by atoms with E-state index in [-0.39, 0.29) is 5.91 Å². The van der Waals surface area contributed by atoms with Gasteiger partial charge in [-0.05, 0) is 48.7 Å². The van der Waals surface area contributed by atoms with Crippen LogP contribution in [0, 0.1) is 6.92 Å². The summed E-state index contributed by atoms with van der Waals surface area (Å²) in [7, 11) is -3.28. The number of aromatic nitrogens is 1. The Morgan fingerprint density at radius 1 is 1.26 bits per heavy atom. The number of carbonyl (C=O) groups excluding carboxylic acids is 1. The van der Waals surface area contributed by atoms with Gasteiger partial charge in [0, 0.05) is 18.3 Å². The summed E-state index contributed by atoms with van der Waals surface area (Å²) in [4.78, 5) is 16.4. The summed E-state index contributed by atoms with van der Waals surface area (Å²) in [5.41, 5.74) is 3.01. The highest BCUT2D eigenvalue weighted by molar-refractivity contribution is 7.92. The number of hydrogen-bond acceptors (Lipinski definition) is 4. The quantitative estimate of drug-likeness (QED) is 0.932. The number of nitrogens with one attached hydrogen (secondary N) is 1. The Balaban J connectivity index is 1.82. The van der Waals surface area contributed by atoms with E-state index < -0.39 is 10.0 Å². The van der Waals surface area contributed by atoms with Gasteiger partial charge in [-0.15, -0.1) is 0 Å². The molecule has 0 unspecified atom stereocenters. The lowest BCUT2D eigenvalue weighted by atomic mass is 10.1. The van der Waals surface area contributed by atoms with Crippen molar-refractivity contribution in [3.05, 3.63) is 53.2 Å². The van der Waals surface area contributed by atoms with Gasteiger partial charge >= 0.3 is 0 Å². The second-order valence-electron chi connectivity index (χ2n) is 5.60. The van der Waals surface area contributed by atoms with Crippen LogP contribution in [0.1, 0.15) is 21.5 Å². The minimum absolute atomic E-state index is 0.262. The molecule has 0 saturated carbocycles. The number of carbonyl (C=O) groups is 1. The van der Waals surface area contributed by atoms with Crippen LogP contribution in [0.2, 0.25) is 0 Å². The first-order chi connectivity index (χ1) is 10.8. The molecular formula is C16H17N3O3S. The summed E-state index contributed by atoms with van der Waals surface area (Å²) in [5, 5.41) is 2.74. The smallest absolute Gasteiger partial charge is 0.256 e. The number of fused-ring (bicyclic) bond motifs is 1. The molecule has 0 bridgehead atoms. The Morgan fingerprint density at radius 3 is 2.70 bits per heavy atom. The van der Waals surface area contributed by atoms with Crippen LogP contribution >= 0.6 is 0 Å². The van der Waals surface area contributed by atoms with Crippen molar-refractivity contribution in [3.63, 3.8) is 0 Å². The maximum Gasteiger partial charge on any atom is 0.256 e. The number of pyridine rings is 1. The first-order valence-corrected chi connectivity index (χ1v) is 9.04. The standard InChI is InChI=1S/C16H17N3O3S/c1-11-3-6-15(17-10-11)18-16(20)13-4-5-14-12(9-13)7-8-19(14)23(2,21)22/h3-6,9-10H,7-8H2,1-2H3,(H,17,18,20). The summed E-state index contributed by atoms with van der Waals surface area (Å²) in [6.07, 6.45) is 3.47. The van der Waals surface area contributed by atoms with E-state index in [1.165, 1.54) is 10.6 Å². The lowest BCUT2D eigenvalue weighted by molar-refractivity contribution is 0.102. The predicted molar refractivity (Wildman–Crippen MR) is 89.3 cm³/mol. The average molecular weight is 331 g/mol. The molecule has 1 aromatic carbocycles. The molecule has 0 saturated heterocycles. The van der Waals surface area contributed by atoms with Gasteiger partial charge in [-0.25, -0.2) is 13.4 Å². The van der Waals surface area contributed by atoms with Crippen molar-refractivity contribution in [2.24, 2.45) is 0 Å². The van der Waals surface area contributed by atoms with Gasteiger partial charge in [-0.3, -0.25) is 9.10 Å². The van der Waals surface area contributed by atoms with Gasteiger partial charge < -0.3 is 5.32 Å². The molecule has 0 spiro atoms. The molecule has 6 nitrogen and oxygen atoms in total. The molecule has 120 valence electrons. The Kier molecular flexibility index (Phi) is 3.81. The minimum atomic E-state index is -3.28. The zero-order valence-corrected chi connectivity index (χ0v) is 13.7. The topological polar surface area (TPSA) is 79.4 Å². The van der Waals surface area contributed by atoms with Crippen LogP contribution in [-0.4, -0.2) is 32.1 Å². The third kappa shape index (κ3) is 3.19. The monoisotopic (exact) mass is 331 g/mol. The molecule has 1 aliphatic rings. The van der Waals surface area contributed by atoms with E-state index in [0.29, 0.717) is 30.0 Å². The Morgan fingerprint density at radius 2 is 2.04 bits per heavy atom.